The summed E-state index contributed by atoms with van der Waals surface area (Å²) in [7, 11) is 2.98. The van der Waals surface area contributed by atoms with Crippen molar-refractivity contribution >= 4 is 11.8 Å². The second-order valence-electron chi connectivity index (χ2n) is 5.06. The Morgan fingerprint density at radius 3 is 2.62 bits per heavy atom. The molecule has 7 heteroatoms. The second-order valence-corrected chi connectivity index (χ2v) is 5.06. The van der Waals surface area contributed by atoms with E-state index in [9.17, 15) is 9.59 Å². The summed E-state index contributed by atoms with van der Waals surface area (Å²) in [5, 5.41) is 5.32. The maximum atomic E-state index is 12.4. The van der Waals surface area contributed by atoms with E-state index in [-0.39, 0.29) is 12.5 Å². The minimum atomic E-state index is -0.719. The monoisotopic (exact) mass is 332 g/mol. The smallest absolute Gasteiger partial charge is 0.255 e. The number of ether oxygens (including phenoxy) is 2. The van der Waals surface area contributed by atoms with Crippen molar-refractivity contribution in [3.05, 3.63) is 47.9 Å². The minimum Gasteiger partial charge on any atom is -0.497 e. The lowest BCUT2D eigenvalue weighted by molar-refractivity contribution is -0.122. The van der Waals surface area contributed by atoms with Gasteiger partial charge in [0.2, 0.25) is 5.91 Å². The second kappa shape index (κ2) is 8.05. The van der Waals surface area contributed by atoms with Crippen molar-refractivity contribution in [3.8, 4) is 11.5 Å². The first-order valence-electron chi connectivity index (χ1n) is 7.38. The maximum absolute atomic E-state index is 12.4. The van der Waals surface area contributed by atoms with Gasteiger partial charge in [-0.3, -0.25) is 9.59 Å². The number of carbonyl (C=O) groups excluding carboxylic acids is 2. The number of carbonyl (C=O) groups is 2. The van der Waals surface area contributed by atoms with Crippen LogP contribution in [0.15, 0.2) is 41.0 Å². The molecule has 2 N–H and O–H groups in total. The van der Waals surface area contributed by atoms with Crippen LogP contribution in [0.4, 0.5) is 0 Å². The van der Waals surface area contributed by atoms with Crippen LogP contribution in [0.5, 0.6) is 11.5 Å². The molecular formula is C17H20N2O5. The molecule has 0 spiro atoms. The van der Waals surface area contributed by atoms with Crippen LogP contribution < -0.4 is 20.1 Å². The maximum Gasteiger partial charge on any atom is 0.255 e. The van der Waals surface area contributed by atoms with Gasteiger partial charge in [-0.25, -0.2) is 0 Å². The fourth-order valence-electron chi connectivity index (χ4n) is 2.07. The van der Waals surface area contributed by atoms with Gasteiger partial charge in [0.25, 0.3) is 5.91 Å². The molecule has 0 bridgehead atoms. The molecule has 1 atom stereocenters. The Morgan fingerprint density at radius 2 is 2.00 bits per heavy atom. The Kier molecular flexibility index (Phi) is 5.83. The van der Waals surface area contributed by atoms with Crippen LogP contribution in [-0.2, 0) is 11.3 Å². The number of amides is 2. The van der Waals surface area contributed by atoms with E-state index in [4.69, 9.17) is 13.9 Å². The highest BCUT2D eigenvalue weighted by atomic mass is 16.5. The first kappa shape index (κ1) is 17.4. The van der Waals surface area contributed by atoms with Crippen LogP contribution in [0.1, 0.15) is 23.0 Å². The molecule has 0 radical (unpaired) electrons. The first-order chi connectivity index (χ1) is 11.5. The average molecular weight is 332 g/mol. The number of hydrogen-bond donors (Lipinski definition) is 2. The van der Waals surface area contributed by atoms with Crippen molar-refractivity contribution in [3.63, 3.8) is 0 Å². The zero-order valence-electron chi connectivity index (χ0n) is 13.8. The third-order valence-corrected chi connectivity index (χ3v) is 3.41. The highest BCUT2D eigenvalue weighted by Gasteiger charge is 2.19. The zero-order valence-corrected chi connectivity index (χ0v) is 13.8. The first-order valence-corrected chi connectivity index (χ1v) is 7.38. The Balaban J connectivity index is 1.98. The molecule has 24 heavy (non-hydrogen) atoms. The number of methoxy groups -OCH3 is 2. The molecule has 1 aromatic heterocycles. The SMILES string of the molecule is COc1ccc(OC)c(C(=O)N[C@H](C)C(=O)NCc2ccco2)c1. The summed E-state index contributed by atoms with van der Waals surface area (Å²) < 4.78 is 15.4. The molecule has 2 amide bonds. The molecule has 0 aliphatic rings. The summed E-state index contributed by atoms with van der Waals surface area (Å²) in [5.74, 6) is 0.816. The number of benzene rings is 1. The van der Waals surface area contributed by atoms with E-state index in [1.807, 2.05) is 0 Å². The molecule has 0 aliphatic heterocycles. The van der Waals surface area contributed by atoms with Gasteiger partial charge in [-0.05, 0) is 37.3 Å². The molecule has 128 valence electrons. The summed E-state index contributed by atoms with van der Waals surface area (Å²) in [6.07, 6.45) is 1.53. The standard InChI is InChI=1S/C17H20N2O5/c1-11(16(20)18-10-13-5-4-8-24-13)19-17(21)14-9-12(22-2)6-7-15(14)23-3/h4-9,11H,10H2,1-3H3,(H,18,20)(H,19,21)/t11-/m1/s1. The average Bonchev–Trinajstić information content (AvgIpc) is 3.12. The lowest BCUT2D eigenvalue weighted by Crippen LogP contribution is -2.44. The lowest BCUT2D eigenvalue weighted by Gasteiger charge is -2.15. The predicted octanol–water partition coefficient (Wildman–Crippen LogP) is 1.73. The zero-order chi connectivity index (χ0) is 17.5. The fourth-order valence-corrected chi connectivity index (χ4v) is 2.07. The highest BCUT2D eigenvalue weighted by Crippen LogP contribution is 2.23. The van der Waals surface area contributed by atoms with Crippen LogP contribution in [0.3, 0.4) is 0 Å². The number of nitrogens with one attached hydrogen (secondary N) is 2. The van der Waals surface area contributed by atoms with E-state index in [0.29, 0.717) is 22.8 Å². The van der Waals surface area contributed by atoms with Gasteiger partial charge in [0, 0.05) is 0 Å². The van der Waals surface area contributed by atoms with Gasteiger partial charge in [-0.1, -0.05) is 0 Å². The Labute approximate surface area is 139 Å². The van der Waals surface area contributed by atoms with Crippen molar-refractivity contribution in [2.45, 2.75) is 19.5 Å². The summed E-state index contributed by atoms with van der Waals surface area (Å²) in [4.78, 5) is 24.5. The van der Waals surface area contributed by atoms with Gasteiger partial charge in [-0.15, -0.1) is 0 Å². The summed E-state index contributed by atoms with van der Waals surface area (Å²) in [6.45, 7) is 1.86. The van der Waals surface area contributed by atoms with Crippen LogP contribution in [0, 0.1) is 0 Å². The van der Waals surface area contributed by atoms with Crippen molar-refractivity contribution in [1.82, 2.24) is 10.6 Å². The number of hydrogen-bond acceptors (Lipinski definition) is 5. The van der Waals surface area contributed by atoms with Crippen LogP contribution >= 0.6 is 0 Å². The molecule has 0 saturated heterocycles. The van der Waals surface area contributed by atoms with Crippen molar-refractivity contribution in [2.24, 2.45) is 0 Å². The molecular weight excluding hydrogens is 312 g/mol. The lowest BCUT2D eigenvalue weighted by atomic mass is 10.1. The molecule has 0 fully saturated rings. The normalized spacial score (nSPS) is 11.5. The molecule has 1 aromatic carbocycles. The van der Waals surface area contributed by atoms with E-state index in [0.717, 1.165) is 0 Å². The van der Waals surface area contributed by atoms with Gasteiger partial charge >= 0.3 is 0 Å². The third-order valence-electron chi connectivity index (χ3n) is 3.41. The van der Waals surface area contributed by atoms with Gasteiger partial charge in [-0.2, -0.15) is 0 Å². The molecule has 1 heterocycles. The van der Waals surface area contributed by atoms with Crippen LogP contribution in [0.25, 0.3) is 0 Å². The molecule has 0 aliphatic carbocycles. The molecule has 2 rings (SSSR count). The number of furan rings is 1. The van der Waals surface area contributed by atoms with Crippen molar-refractivity contribution in [1.29, 1.82) is 0 Å². The van der Waals surface area contributed by atoms with Gasteiger partial charge in [0.05, 0.1) is 32.6 Å². The Morgan fingerprint density at radius 1 is 1.21 bits per heavy atom. The third kappa shape index (κ3) is 4.28. The fraction of sp³-hybridized carbons (Fsp3) is 0.294. The summed E-state index contributed by atoms with van der Waals surface area (Å²) >= 11 is 0. The van der Waals surface area contributed by atoms with Crippen molar-refractivity contribution in [2.75, 3.05) is 14.2 Å². The van der Waals surface area contributed by atoms with Gasteiger partial charge in [0.1, 0.15) is 23.3 Å². The van der Waals surface area contributed by atoms with E-state index in [1.54, 1.807) is 37.3 Å². The van der Waals surface area contributed by atoms with Gasteiger partial charge in [0.15, 0.2) is 0 Å². The highest BCUT2D eigenvalue weighted by molar-refractivity contribution is 5.99. The largest absolute Gasteiger partial charge is 0.497 e. The van der Waals surface area contributed by atoms with E-state index < -0.39 is 11.9 Å². The van der Waals surface area contributed by atoms with Gasteiger partial charge < -0.3 is 24.5 Å². The predicted molar refractivity (Wildman–Crippen MR) is 87.0 cm³/mol. The molecule has 0 saturated carbocycles. The Hall–Kier alpha value is -2.96. The van der Waals surface area contributed by atoms with Crippen LogP contribution in [0.2, 0.25) is 0 Å². The van der Waals surface area contributed by atoms with Crippen molar-refractivity contribution < 1.29 is 23.5 Å². The minimum absolute atomic E-state index is 0.258. The quantitative estimate of drug-likeness (QED) is 0.806. The summed E-state index contributed by atoms with van der Waals surface area (Å²) in [5.41, 5.74) is 0.294. The molecule has 2 aromatic rings. The molecule has 7 nitrogen and oxygen atoms in total. The van der Waals surface area contributed by atoms with E-state index in [1.165, 1.54) is 20.5 Å². The molecule has 0 unspecified atom stereocenters. The van der Waals surface area contributed by atoms with E-state index in [2.05, 4.69) is 10.6 Å². The van der Waals surface area contributed by atoms with Crippen LogP contribution in [-0.4, -0.2) is 32.1 Å². The number of rotatable bonds is 7. The van der Waals surface area contributed by atoms with E-state index >= 15 is 0 Å². The summed E-state index contributed by atoms with van der Waals surface area (Å²) in [6, 6.07) is 7.65. The topological polar surface area (TPSA) is 89.8 Å². The Bertz CT molecular complexity index is 697.